The topological polar surface area (TPSA) is 69.7 Å². The van der Waals surface area contributed by atoms with Crippen LogP contribution in [-0.4, -0.2) is 47.3 Å². The molecule has 0 aliphatic carbocycles. The minimum absolute atomic E-state index is 0.154. The van der Waals surface area contributed by atoms with E-state index in [4.69, 9.17) is 0 Å². The van der Waals surface area contributed by atoms with E-state index in [0.717, 1.165) is 5.56 Å². The predicted octanol–water partition coefficient (Wildman–Crippen LogP) is 2.51. The van der Waals surface area contributed by atoms with E-state index >= 15 is 0 Å². The van der Waals surface area contributed by atoms with Gasteiger partial charge in [0.15, 0.2) is 0 Å². The molecule has 0 spiro atoms. The van der Waals surface area contributed by atoms with Crippen molar-refractivity contribution < 1.29 is 14.4 Å². The minimum Gasteiger partial charge on any atom is -0.336 e. The normalized spacial score (nSPS) is 12.9. The number of amides is 4. The molecule has 1 aliphatic heterocycles. The molecule has 1 heterocycles. The lowest BCUT2D eigenvalue weighted by Gasteiger charge is -2.22. The molecule has 6 nitrogen and oxygen atoms in total. The van der Waals surface area contributed by atoms with Gasteiger partial charge in [0.05, 0.1) is 11.1 Å². The number of hydrogen-bond donors (Lipinski definition) is 1. The highest BCUT2D eigenvalue weighted by Crippen LogP contribution is 2.21. The van der Waals surface area contributed by atoms with Gasteiger partial charge in [0, 0.05) is 26.2 Å². The number of rotatable bonds is 6. The van der Waals surface area contributed by atoms with Crippen molar-refractivity contribution in [3.8, 4) is 0 Å². The van der Waals surface area contributed by atoms with Gasteiger partial charge in [-0.3, -0.25) is 14.5 Å². The van der Waals surface area contributed by atoms with Gasteiger partial charge < -0.3 is 10.2 Å². The summed E-state index contributed by atoms with van der Waals surface area (Å²) in [5.74, 6) is -0.618. The molecule has 0 unspecified atom stereocenters. The van der Waals surface area contributed by atoms with Crippen LogP contribution in [0.5, 0.6) is 0 Å². The Balaban J connectivity index is 1.54. The van der Waals surface area contributed by atoms with Crippen molar-refractivity contribution in [2.45, 2.75) is 13.5 Å². The van der Waals surface area contributed by atoms with Gasteiger partial charge in [-0.05, 0) is 24.6 Å². The zero-order chi connectivity index (χ0) is 18.5. The molecule has 0 fully saturated rings. The molecule has 26 heavy (non-hydrogen) atoms. The summed E-state index contributed by atoms with van der Waals surface area (Å²) in [4.78, 5) is 39.8. The third kappa shape index (κ3) is 3.59. The first-order chi connectivity index (χ1) is 12.6. The molecule has 2 aromatic carbocycles. The quantitative estimate of drug-likeness (QED) is 0.813. The van der Waals surface area contributed by atoms with Crippen molar-refractivity contribution in [2.75, 3.05) is 19.6 Å². The molecule has 0 radical (unpaired) electrons. The number of benzene rings is 2. The maximum Gasteiger partial charge on any atom is 0.317 e. The van der Waals surface area contributed by atoms with Gasteiger partial charge in [-0.25, -0.2) is 4.79 Å². The van der Waals surface area contributed by atoms with E-state index in [9.17, 15) is 14.4 Å². The Labute approximate surface area is 152 Å². The molecule has 0 atom stereocenters. The lowest BCUT2D eigenvalue weighted by atomic mass is 10.1. The summed E-state index contributed by atoms with van der Waals surface area (Å²) in [6.07, 6.45) is 0. The first-order valence-corrected chi connectivity index (χ1v) is 8.63. The largest absolute Gasteiger partial charge is 0.336 e. The Morgan fingerprint density at radius 1 is 0.962 bits per heavy atom. The zero-order valence-electron chi connectivity index (χ0n) is 14.6. The second-order valence-electron chi connectivity index (χ2n) is 6.04. The van der Waals surface area contributed by atoms with E-state index in [-0.39, 0.29) is 30.9 Å². The Morgan fingerprint density at radius 2 is 1.54 bits per heavy atom. The van der Waals surface area contributed by atoms with Gasteiger partial charge in [-0.15, -0.1) is 0 Å². The number of fused-ring (bicyclic) bond motifs is 1. The summed E-state index contributed by atoms with van der Waals surface area (Å²) in [7, 11) is 0. The molecule has 6 heteroatoms. The van der Waals surface area contributed by atoms with E-state index < -0.39 is 0 Å². The third-order valence-corrected chi connectivity index (χ3v) is 4.38. The highest BCUT2D eigenvalue weighted by atomic mass is 16.2. The standard InChI is InChI=1S/C20H21N3O3/c1-2-22(14-15-8-4-3-5-9-15)20(26)21-12-13-23-18(24)16-10-6-7-11-17(16)19(23)25/h3-11H,2,12-14H2,1H3,(H,21,26). The van der Waals surface area contributed by atoms with Crippen LogP contribution in [0.2, 0.25) is 0 Å². The lowest BCUT2D eigenvalue weighted by molar-refractivity contribution is 0.0655. The summed E-state index contributed by atoms with van der Waals surface area (Å²) in [5, 5.41) is 2.79. The fourth-order valence-corrected chi connectivity index (χ4v) is 2.96. The SMILES string of the molecule is CCN(Cc1ccccc1)C(=O)NCCN1C(=O)c2ccccc2C1=O. The van der Waals surface area contributed by atoms with Gasteiger partial charge in [-0.1, -0.05) is 42.5 Å². The van der Waals surface area contributed by atoms with Crippen molar-refractivity contribution in [1.29, 1.82) is 0 Å². The summed E-state index contributed by atoms with van der Waals surface area (Å²) in [5.41, 5.74) is 1.89. The van der Waals surface area contributed by atoms with Crippen molar-refractivity contribution in [1.82, 2.24) is 15.1 Å². The fraction of sp³-hybridized carbons (Fsp3) is 0.250. The summed E-state index contributed by atoms with van der Waals surface area (Å²) in [6.45, 7) is 3.35. The first kappa shape index (κ1) is 17.7. The summed E-state index contributed by atoms with van der Waals surface area (Å²) < 4.78 is 0. The van der Waals surface area contributed by atoms with Crippen LogP contribution in [0.4, 0.5) is 4.79 Å². The van der Waals surface area contributed by atoms with E-state index in [1.54, 1.807) is 29.2 Å². The van der Waals surface area contributed by atoms with E-state index in [2.05, 4.69) is 5.32 Å². The summed E-state index contributed by atoms with van der Waals surface area (Å²) in [6, 6.07) is 16.3. The number of hydrogen-bond acceptors (Lipinski definition) is 3. The number of nitrogens with one attached hydrogen (secondary N) is 1. The van der Waals surface area contributed by atoms with Crippen molar-refractivity contribution in [3.63, 3.8) is 0 Å². The van der Waals surface area contributed by atoms with Crippen LogP contribution < -0.4 is 5.32 Å². The Bertz CT molecular complexity index is 785. The molecular formula is C20H21N3O3. The number of nitrogens with zero attached hydrogens (tertiary/aromatic N) is 2. The smallest absolute Gasteiger partial charge is 0.317 e. The molecule has 2 aromatic rings. The summed E-state index contributed by atoms with van der Waals surface area (Å²) >= 11 is 0. The molecule has 3 rings (SSSR count). The van der Waals surface area contributed by atoms with Crippen LogP contribution in [0.25, 0.3) is 0 Å². The molecule has 1 N–H and O–H groups in total. The Kier molecular flexibility index (Phi) is 5.31. The average Bonchev–Trinajstić information content (AvgIpc) is 2.92. The molecule has 0 saturated heterocycles. The van der Waals surface area contributed by atoms with Crippen LogP contribution in [0.3, 0.4) is 0 Å². The molecule has 0 aromatic heterocycles. The second kappa shape index (κ2) is 7.82. The Morgan fingerprint density at radius 3 is 2.12 bits per heavy atom. The van der Waals surface area contributed by atoms with E-state index in [0.29, 0.717) is 24.2 Å². The maximum absolute atomic E-state index is 12.4. The van der Waals surface area contributed by atoms with Crippen LogP contribution >= 0.6 is 0 Å². The van der Waals surface area contributed by atoms with Crippen LogP contribution in [-0.2, 0) is 6.54 Å². The minimum atomic E-state index is -0.309. The number of carbonyl (C=O) groups excluding carboxylic acids is 3. The van der Waals surface area contributed by atoms with Crippen molar-refractivity contribution >= 4 is 17.8 Å². The highest BCUT2D eigenvalue weighted by Gasteiger charge is 2.34. The maximum atomic E-state index is 12.4. The van der Waals surface area contributed by atoms with Crippen LogP contribution in [0, 0.1) is 0 Å². The van der Waals surface area contributed by atoms with Gasteiger partial charge in [0.1, 0.15) is 0 Å². The van der Waals surface area contributed by atoms with Crippen molar-refractivity contribution in [3.05, 3.63) is 71.3 Å². The van der Waals surface area contributed by atoms with E-state index in [1.807, 2.05) is 37.3 Å². The van der Waals surface area contributed by atoms with Crippen LogP contribution in [0.15, 0.2) is 54.6 Å². The van der Waals surface area contributed by atoms with Gasteiger partial charge in [-0.2, -0.15) is 0 Å². The van der Waals surface area contributed by atoms with E-state index in [1.165, 1.54) is 4.90 Å². The van der Waals surface area contributed by atoms with Crippen molar-refractivity contribution in [2.24, 2.45) is 0 Å². The molecule has 134 valence electrons. The molecule has 0 saturated carbocycles. The van der Waals surface area contributed by atoms with Gasteiger partial charge in [0.25, 0.3) is 11.8 Å². The monoisotopic (exact) mass is 351 g/mol. The average molecular weight is 351 g/mol. The molecule has 4 amide bonds. The van der Waals surface area contributed by atoms with Gasteiger partial charge in [0.2, 0.25) is 0 Å². The predicted molar refractivity (Wildman–Crippen MR) is 97.7 cm³/mol. The number of carbonyl (C=O) groups is 3. The third-order valence-electron chi connectivity index (χ3n) is 4.38. The lowest BCUT2D eigenvalue weighted by Crippen LogP contribution is -2.43. The fourth-order valence-electron chi connectivity index (χ4n) is 2.96. The Hall–Kier alpha value is -3.15. The van der Waals surface area contributed by atoms with Gasteiger partial charge >= 0.3 is 6.03 Å². The number of imide groups is 1. The number of urea groups is 1. The highest BCUT2D eigenvalue weighted by molar-refractivity contribution is 6.21. The molecular weight excluding hydrogens is 330 g/mol. The molecule has 0 bridgehead atoms. The second-order valence-corrected chi connectivity index (χ2v) is 6.04. The zero-order valence-corrected chi connectivity index (χ0v) is 14.6. The molecule has 1 aliphatic rings. The first-order valence-electron chi connectivity index (χ1n) is 8.63. The van der Waals surface area contributed by atoms with Crippen LogP contribution in [0.1, 0.15) is 33.2 Å².